The molecule has 33 heavy (non-hydrogen) atoms. The van der Waals surface area contributed by atoms with Crippen LogP contribution in [0.25, 0.3) is 0 Å². The van der Waals surface area contributed by atoms with Crippen molar-refractivity contribution in [2.45, 2.75) is 6.92 Å². The van der Waals surface area contributed by atoms with Gasteiger partial charge in [0, 0.05) is 13.0 Å². The molecule has 1 N–H and O–H groups in total. The number of para-hydroxylation sites is 2. The largest absolute Gasteiger partial charge is 0.426 e. The average molecular weight is 447 g/mol. The van der Waals surface area contributed by atoms with Crippen LogP contribution in [-0.4, -0.2) is 29.0 Å². The molecule has 0 bridgehead atoms. The zero-order valence-corrected chi connectivity index (χ0v) is 17.3. The minimum atomic E-state index is -0.726. The molecule has 0 aliphatic heterocycles. The van der Waals surface area contributed by atoms with Crippen LogP contribution in [0, 0.1) is 10.1 Å². The first-order chi connectivity index (χ1) is 15.8. The Morgan fingerprint density at radius 3 is 2.21 bits per heavy atom. The quantitative estimate of drug-likeness (QED) is 0.192. The number of carbonyl (C=O) groups is 3. The number of ether oxygens (including phenoxy) is 2. The molecule has 0 spiro atoms. The van der Waals surface area contributed by atoms with E-state index in [1.165, 1.54) is 61.7 Å². The lowest BCUT2D eigenvalue weighted by Crippen LogP contribution is -2.18. The van der Waals surface area contributed by atoms with Crippen molar-refractivity contribution in [2.75, 3.05) is 0 Å². The van der Waals surface area contributed by atoms with Gasteiger partial charge in [-0.05, 0) is 48.0 Å². The molecule has 3 aromatic rings. The normalized spacial score (nSPS) is 10.5. The van der Waals surface area contributed by atoms with Gasteiger partial charge in [-0.1, -0.05) is 24.3 Å². The van der Waals surface area contributed by atoms with E-state index in [0.29, 0.717) is 5.56 Å². The Morgan fingerprint density at radius 1 is 0.909 bits per heavy atom. The Balaban J connectivity index is 1.63. The van der Waals surface area contributed by atoms with Crippen LogP contribution in [0.2, 0.25) is 0 Å². The van der Waals surface area contributed by atoms with Gasteiger partial charge in [0.15, 0.2) is 0 Å². The number of benzene rings is 3. The standard InChI is InChI=1S/C23H17N3O7/c1-15(27)32-21-9-5-3-7-19(21)23(29)33-17-12-10-16(11-13-17)14-24-25-22(28)18-6-2-4-8-20(18)26(30)31/h2-14H,1H3,(H,25,28)/b24-14+. The summed E-state index contributed by atoms with van der Waals surface area (Å²) in [6, 6.07) is 17.9. The Morgan fingerprint density at radius 2 is 1.55 bits per heavy atom. The van der Waals surface area contributed by atoms with E-state index >= 15 is 0 Å². The smallest absolute Gasteiger partial charge is 0.347 e. The fraction of sp³-hybridized carbons (Fsp3) is 0.0435. The highest BCUT2D eigenvalue weighted by molar-refractivity contribution is 5.98. The third-order valence-electron chi connectivity index (χ3n) is 4.18. The molecule has 10 nitrogen and oxygen atoms in total. The molecular weight excluding hydrogens is 430 g/mol. The highest BCUT2D eigenvalue weighted by Gasteiger charge is 2.18. The van der Waals surface area contributed by atoms with Crippen molar-refractivity contribution < 1.29 is 28.8 Å². The number of nitrogens with one attached hydrogen (secondary N) is 1. The van der Waals surface area contributed by atoms with E-state index in [1.54, 1.807) is 24.3 Å². The molecule has 0 aromatic heterocycles. The van der Waals surface area contributed by atoms with Gasteiger partial charge in [-0.2, -0.15) is 5.10 Å². The highest BCUT2D eigenvalue weighted by Crippen LogP contribution is 2.21. The van der Waals surface area contributed by atoms with E-state index in [2.05, 4.69) is 10.5 Å². The number of carbonyl (C=O) groups excluding carboxylic acids is 3. The third kappa shape index (κ3) is 6.07. The summed E-state index contributed by atoms with van der Waals surface area (Å²) in [7, 11) is 0. The Bertz CT molecular complexity index is 1240. The number of nitro benzene ring substituents is 1. The van der Waals surface area contributed by atoms with E-state index in [4.69, 9.17) is 9.47 Å². The second-order valence-electron chi connectivity index (χ2n) is 6.52. The van der Waals surface area contributed by atoms with Crippen molar-refractivity contribution in [3.05, 3.63) is 99.6 Å². The van der Waals surface area contributed by atoms with E-state index in [1.807, 2.05) is 0 Å². The minimum absolute atomic E-state index is 0.0909. The molecule has 0 aliphatic carbocycles. The summed E-state index contributed by atoms with van der Waals surface area (Å²) >= 11 is 0. The maximum Gasteiger partial charge on any atom is 0.347 e. The molecule has 0 fully saturated rings. The minimum Gasteiger partial charge on any atom is -0.426 e. The predicted molar refractivity (Wildman–Crippen MR) is 117 cm³/mol. The van der Waals surface area contributed by atoms with Crippen LogP contribution in [-0.2, 0) is 4.79 Å². The molecule has 166 valence electrons. The molecule has 1 amide bonds. The molecule has 0 radical (unpaired) electrons. The summed E-state index contributed by atoms with van der Waals surface area (Å²) in [6.45, 7) is 1.23. The zero-order valence-electron chi connectivity index (χ0n) is 17.3. The molecular formula is C23H17N3O7. The summed E-state index contributed by atoms with van der Waals surface area (Å²) < 4.78 is 10.3. The van der Waals surface area contributed by atoms with Crippen molar-refractivity contribution >= 4 is 29.7 Å². The summed E-state index contributed by atoms with van der Waals surface area (Å²) in [4.78, 5) is 46.1. The van der Waals surface area contributed by atoms with Gasteiger partial charge in [0.05, 0.1) is 11.1 Å². The number of hydrogen-bond acceptors (Lipinski definition) is 8. The zero-order chi connectivity index (χ0) is 23.8. The van der Waals surface area contributed by atoms with Crippen LogP contribution in [0.5, 0.6) is 11.5 Å². The number of rotatable bonds is 7. The van der Waals surface area contributed by atoms with Gasteiger partial charge >= 0.3 is 11.9 Å². The molecule has 0 unspecified atom stereocenters. The first kappa shape index (κ1) is 22.8. The summed E-state index contributed by atoms with van der Waals surface area (Å²) in [6.07, 6.45) is 1.33. The Labute approximate surface area is 187 Å². The van der Waals surface area contributed by atoms with Crippen LogP contribution in [0.3, 0.4) is 0 Å². The first-order valence-electron chi connectivity index (χ1n) is 9.51. The van der Waals surface area contributed by atoms with Gasteiger partial charge in [-0.25, -0.2) is 10.2 Å². The lowest BCUT2D eigenvalue weighted by Gasteiger charge is -2.08. The van der Waals surface area contributed by atoms with E-state index in [-0.39, 0.29) is 28.3 Å². The third-order valence-corrected chi connectivity index (χ3v) is 4.18. The van der Waals surface area contributed by atoms with Crippen LogP contribution < -0.4 is 14.9 Å². The van der Waals surface area contributed by atoms with Crippen molar-refractivity contribution in [3.63, 3.8) is 0 Å². The maximum atomic E-state index is 12.4. The van der Waals surface area contributed by atoms with Crippen molar-refractivity contribution in [3.8, 4) is 11.5 Å². The summed E-state index contributed by atoms with van der Waals surface area (Å²) in [5.41, 5.74) is 2.45. The number of nitro groups is 1. The van der Waals surface area contributed by atoms with E-state index in [9.17, 15) is 24.5 Å². The second kappa shape index (κ2) is 10.4. The Kier molecular flexibility index (Phi) is 7.22. The van der Waals surface area contributed by atoms with Crippen molar-refractivity contribution in [1.82, 2.24) is 5.43 Å². The van der Waals surface area contributed by atoms with Crippen LogP contribution >= 0.6 is 0 Å². The van der Waals surface area contributed by atoms with E-state index in [0.717, 1.165) is 0 Å². The number of amides is 1. The van der Waals surface area contributed by atoms with Crippen molar-refractivity contribution in [1.29, 1.82) is 0 Å². The van der Waals surface area contributed by atoms with Gasteiger partial charge in [-0.15, -0.1) is 0 Å². The Hall–Kier alpha value is -4.86. The van der Waals surface area contributed by atoms with Crippen LogP contribution in [0.4, 0.5) is 5.69 Å². The fourth-order valence-corrected chi connectivity index (χ4v) is 2.71. The van der Waals surface area contributed by atoms with Gasteiger partial charge in [0.2, 0.25) is 0 Å². The van der Waals surface area contributed by atoms with Gasteiger partial charge in [0.1, 0.15) is 22.6 Å². The summed E-state index contributed by atoms with van der Waals surface area (Å²) in [5.74, 6) is -1.67. The number of hydrogen-bond donors (Lipinski definition) is 1. The maximum absolute atomic E-state index is 12.4. The molecule has 3 rings (SSSR count). The molecule has 0 aliphatic rings. The average Bonchev–Trinajstić information content (AvgIpc) is 2.80. The topological polar surface area (TPSA) is 137 Å². The first-order valence-corrected chi connectivity index (χ1v) is 9.51. The number of nitrogens with zero attached hydrogens (tertiary/aromatic N) is 2. The molecule has 3 aromatic carbocycles. The number of hydrazone groups is 1. The molecule has 0 atom stereocenters. The van der Waals surface area contributed by atoms with Crippen LogP contribution in [0.15, 0.2) is 77.9 Å². The molecule has 0 saturated carbocycles. The lowest BCUT2D eigenvalue weighted by atomic mass is 10.2. The highest BCUT2D eigenvalue weighted by atomic mass is 16.6. The lowest BCUT2D eigenvalue weighted by molar-refractivity contribution is -0.385. The van der Waals surface area contributed by atoms with Gasteiger partial charge < -0.3 is 9.47 Å². The number of esters is 2. The SMILES string of the molecule is CC(=O)Oc1ccccc1C(=O)Oc1ccc(/C=N/NC(=O)c2ccccc2[N+](=O)[O-])cc1. The predicted octanol–water partition coefficient (Wildman–Crippen LogP) is 3.50. The van der Waals surface area contributed by atoms with E-state index < -0.39 is 22.8 Å². The molecule has 10 heteroatoms. The van der Waals surface area contributed by atoms with Crippen molar-refractivity contribution in [2.24, 2.45) is 5.10 Å². The van der Waals surface area contributed by atoms with Crippen LogP contribution in [0.1, 0.15) is 33.2 Å². The summed E-state index contributed by atoms with van der Waals surface area (Å²) in [5, 5.41) is 14.8. The van der Waals surface area contributed by atoms with Gasteiger partial charge in [-0.3, -0.25) is 19.7 Å². The molecule has 0 heterocycles. The second-order valence-corrected chi connectivity index (χ2v) is 6.52. The fourth-order valence-electron chi connectivity index (χ4n) is 2.71. The van der Waals surface area contributed by atoms with Gasteiger partial charge in [0.25, 0.3) is 11.6 Å². The monoisotopic (exact) mass is 447 g/mol. The molecule has 0 saturated heterocycles.